The van der Waals surface area contributed by atoms with Crippen molar-refractivity contribution < 1.29 is 19.2 Å². The van der Waals surface area contributed by atoms with Gasteiger partial charge < -0.3 is 14.8 Å². The highest BCUT2D eigenvalue weighted by Crippen LogP contribution is 2.08. The lowest BCUT2D eigenvalue weighted by Gasteiger charge is -2.26. The zero-order valence-electron chi connectivity index (χ0n) is 11.6. The van der Waals surface area contributed by atoms with Crippen molar-refractivity contribution in [2.75, 3.05) is 20.3 Å². The molecule has 0 aliphatic rings. The Morgan fingerprint density at radius 3 is 2.58 bits per heavy atom. The van der Waals surface area contributed by atoms with Gasteiger partial charge in [-0.2, -0.15) is 0 Å². The number of methoxy groups -OCH3 is 1. The van der Waals surface area contributed by atoms with Gasteiger partial charge in [0.1, 0.15) is 5.82 Å². The standard InChI is InChI=1S/C13H21BFNO3/c1-10(2)16(6-7-19-3)9-11-4-5-13(15)12(8-11)14(17)18/h4-5,8,10,17-18H,6-7,9H2,1-3H3. The third kappa shape index (κ3) is 4.91. The molecular weight excluding hydrogens is 248 g/mol. The van der Waals surface area contributed by atoms with E-state index in [1.807, 2.05) is 0 Å². The van der Waals surface area contributed by atoms with Crippen LogP contribution in [-0.4, -0.2) is 48.4 Å². The van der Waals surface area contributed by atoms with Gasteiger partial charge in [0.15, 0.2) is 0 Å². The molecular formula is C13H21BFNO3. The minimum absolute atomic E-state index is 0.0899. The van der Waals surface area contributed by atoms with Crippen LogP contribution < -0.4 is 5.46 Å². The van der Waals surface area contributed by atoms with Crippen molar-refractivity contribution in [3.05, 3.63) is 29.6 Å². The van der Waals surface area contributed by atoms with Gasteiger partial charge in [0, 0.05) is 31.7 Å². The maximum Gasteiger partial charge on any atom is 0.491 e. The maximum atomic E-state index is 13.4. The SMILES string of the molecule is COCCN(Cc1ccc(F)c(B(O)O)c1)C(C)C. The van der Waals surface area contributed by atoms with Crippen LogP contribution in [0.4, 0.5) is 4.39 Å². The van der Waals surface area contributed by atoms with Crippen LogP contribution in [0.2, 0.25) is 0 Å². The molecule has 0 radical (unpaired) electrons. The summed E-state index contributed by atoms with van der Waals surface area (Å²) in [5, 5.41) is 18.2. The molecule has 0 unspecified atom stereocenters. The van der Waals surface area contributed by atoms with Gasteiger partial charge in [0.25, 0.3) is 0 Å². The van der Waals surface area contributed by atoms with Crippen molar-refractivity contribution >= 4 is 12.6 Å². The van der Waals surface area contributed by atoms with E-state index in [-0.39, 0.29) is 5.46 Å². The average molecular weight is 269 g/mol. The fraction of sp³-hybridized carbons (Fsp3) is 0.538. The largest absolute Gasteiger partial charge is 0.491 e. The Bertz CT molecular complexity index is 401. The Morgan fingerprint density at radius 2 is 2.05 bits per heavy atom. The van der Waals surface area contributed by atoms with Crippen molar-refractivity contribution in [3.8, 4) is 0 Å². The molecule has 0 aromatic heterocycles. The number of rotatable bonds is 7. The van der Waals surface area contributed by atoms with E-state index in [2.05, 4.69) is 18.7 Å². The third-order valence-corrected chi connectivity index (χ3v) is 3.04. The van der Waals surface area contributed by atoms with E-state index >= 15 is 0 Å². The van der Waals surface area contributed by atoms with Crippen LogP contribution in [0.25, 0.3) is 0 Å². The van der Waals surface area contributed by atoms with Crippen LogP contribution in [0.5, 0.6) is 0 Å². The van der Waals surface area contributed by atoms with Crippen LogP contribution in [0, 0.1) is 5.82 Å². The second kappa shape index (κ2) is 7.60. The first-order valence-corrected chi connectivity index (χ1v) is 6.33. The first kappa shape index (κ1) is 16.1. The lowest BCUT2D eigenvalue weighted by atomic mass is 9.79. The summed E-state index contributed by atoms with van der Waals surface area (Å²) in [5.41, 5.74) is 0.752. The van der Waals surface area contributed by atoms with Gasteiger partial charge in [-0.15, -0.1) is 0 Å². The Balaban J connectivity index is 2.81. The first-order valence-electron chi connectivity index (χ1n) is 6.33. The fourth-order valence-electron chi connectivity index (χ4n) is 1.85. The topological polar surface area (TPSA) is 52.9 Å². The Morgan fingerprint density at radius 1 is 1.37 bits per heavy atom. The van der Waals surface area contributed by atoms with Gasteiger partial charge in [0.2, 0.25) is 0 Å². The van der Waals surface area contributed by atoms with Crippen molar-refractivity contribution in [2.45, 2.75) is 26.4 Å². The molecule has 0 aliphatic heterocycles. The molecule has 0 amide bonds. The second-order valence-electron chi connectivity index (χ2n) is 4.79. The Labute approximate surface area is 114 Å². The molecule has 0 saturated carbocycles. The highest BCUT2D eigenvalue weighted by atomic mass is 19.1. The fourth-order valence-corrected chi connectivity index (χ4v) is 1.85. The molecule has 1 aromatic carbocycles. The summed E-state index contributed by atoms with van der Waals surface area (Å²) in [5.74, 6) is -0.605. The molecule has 1 rings (SSSR count). The molecule has 106 valence electrons. The zero-order valence-corrected chi connectivity index (χ0v) is 11.6. The quantitative estimate of drug-likeness (QED) is 0.702. The van der Waals surface area contributed by atoms with E-state index in [0.29, 0.717) is 19.2 Å². The summed E-state index contributed by atoms with van der Waals surface area (Å²) in [7, 11) is -0.136. The summed E-state index contributed by atoms with van der Waals surface area (Å²) in [6.07, 6.45) is 0. The van der Waals surface area contributed by atoms with Gasteiger partial charge in [-0.05, 0) is 25.5 Å². The number of hydrogen-bond acceptors (Lipinski definition) is 4. The monoisotopic (exact) mass is 269 g/mol. The van der Waals surface area contributed by atoms with Gasteiger partial charge in [-0.1, -0.05) is 12.1 Å². The number of benzene rings is 1. The van der Waals surface area contributed by atoms with Crippen LogP contribution >= 0.6 is 0 Å². The molecule has 4 nitrogen and oxygen atoms in total. The van der Waals surface area contributed by atoms with Gasteiger partial charge >= 0.3 is 7.12 Å². The zero-order chi connectivity index (χ0) is 14.4. The van der Waals surface area contributed by atoms with Crippen molar-refractivity contribution in [2.24, 2.45) is 0 Å². The van der Waals surface area contributed by atoms with E-state index in [9.17, 15) is 4.39 Å². The average Bonchev–Trinajstić information content (AvgIpc) is 2.35. The maximum absolute atomic E-state index is 13.4. The summed E-state index contributed by atoms with van der Waals surface area (Å²) in [6, 6.07) is 4.73. The molecule has 0 saturated heterocycles. The molecule has 0 aliphatic carbocycles. The number of hydrogen-bond donors (Lipinski definition) is 2. The van der Waals surface area contributed by atoms with Crippen LogP contribution in [0.3, 0.4) is 0 Å². The number of nitrogens with zero attached hydrogens (tertiary/aromatic N) is 1. The normalized spacial score (nSPS) is 11.4. The highest BCUT2D eigenvalue weighted by Gasteiger charge is 2.18. The minimum atomic E-state index is -1.79. The summed E-state index contributed by atoms with van der Waals surface area (Å²) >= 11 is 0. The molecule has 19 heavy (non-hydrogen) atoms. The van der Waals surface area contributed by atoms with Crippen LogP contribution in [-0.2, 0) is 11.3 Å². The number of ether oxygens (including phenoxy) is 1. The Kier molecular flexibility index (Phi) is 6.44. The smallest absolute Gasteiger partial charge is 0.423 e. The number of halogens is 1. The molecule has 6 heteroatoms. The van der Waals surface area contributed by atoms with Gasteiger partial charge in [-0.25, -0.2) is 4.39 Å². The molecule has 0 bridgehead atoms. The van der Waals surface area contributed by atoms with E-state index in [1.54, 1.807) is 13.2 Å². The van der Waals surface area contributed by atoms with E-state index in [1.165, 1.54) is 12.1 Å². The summed E-state index contributed by atoms with van der Waals surface area (Å²) < 4.78 is 18.4. The van der Waals surface area contributed by atoms with Gasteiger partial charge in [0.05, 0.1) is 6.61 Å². The van der Waals surface area contributed by atoms with Crippen LogP contribution in [0.15, 0.2) is 18.2 Å². The lowest BCUT2D eigenvalue weighted by Crippen LogP contribution is -2.36. The molecule has 0 atom stereocenters. The van der Waals surface area contributed by atoms with Gasteiger partial charge in [-0.3, -0.25) is 4.90 Å². The second-order valence-corrected chi connectivity index (χ2v) is 4.79. The molecule has 0 heterocycles. The summed E-state index contributed by atoms with van der Waals surface area (Å²) in [4.78, 5) is 2.17. The van der Waals surface area contributed by atoms with Crippen molar-refractivity contribution in [1.29, 1.82) is 0 Å². The molecule has 2 N–H and O–H groups in total. The molecule has 0 fully saturated rings. The van der Waals surface area contributed by atoms with Crippen molar-refractivity contribution in [1.82, 2.24) is 4.90 Å². The first-order chi connectivity index (χ1) is 8.95. The predicted octanol–water partition coefficient (Wildman–Crippen LogP) is 0.362. The highest BCUT2D eigenvalue weighted by molar-refractivity contribution is 6.58. The Hall–Kier alpha value is -0.945. The van der Waals surface area contributed by atoms with Crippen LogP contribution in [0.1, 0.15) is 19.4 Å². The molecule has 0 spiro atoms. The summed E-state index contributed by atoms with van der Waals surface area (Å²) in [6.45, 7) is 6.14. The predicted molar refractivity (Wildman–Crippen MR) is 73.6 cm³/mol. The van der Waals surface area contributed by atoms with E-state index < -0.39 is 12.9 Å². The third-order valence-electron chi connectivity index (χ3n) is 3.04. The van der Waals surface area contributed by atoms with Crippen molar-refractivity contribution in [3.63, 3.8) is 0 Å². The minimum Gasteiger partial charge on any atom is -0.423 e. The molecule has 1 aromatic rings. The van der Waals surface area contributed by atoms with E-state index in [0.717, 1.165) is 12.1 Å². The lowest BCUT2D eigenvalue weighted by molar-refractivity contribution is 0.125. The van der Waals surface area contributed by atoms with E-state index in [4.69, 9.17) is 14.8 Å².